The van der Waals surface area contributed by atoms with Crippen molar-refractivity contribution in [2.45, 2.75) is 25.7 Å². The predicted octanol–water partition coefficient (Wildman–Crippen LogP) is 7.13. The van der Waals surface area contributed by atoms with Gasteiger partial charge in [0.25, 0.3) is 0 Å². The molecule has 4 rings (SSSR count). The summed E-state index contributed by atoms with van der Waals surface area (Å²) in [4.78, 5) is 0. The van der Waals surface area contributed by atoms with Crippen molar-refractivity contribution in [1.82, 2.24) is 0 Å². The Morgan fingerprint density at radius 1 is 0.417 bits per heavy atom. The van der Waals surface area contributed by atoms with Gasteiger partial charge in [0, 0.05) is 33.5 Å². The van der Waals surface area contributed by atoms with Gasteiger partial charge in [-0.2, -0.15) is 0 Å². The molecule has 4 heteroatoms. The highest BCUT2D eigenvalue weighted by Crippen LogP contribution is 2.45. The summed E-state index contributed by atoms with van der Waals surface area (Å²) in [6, 6.07) is 39.5. The zero-order valence-electron chi connectivity index (χ0n) is 20.7. The van der Waals surface area contributed by atoms with Crippen LogP contribution in [-0.2, 0) is 9.13 Å². The Kier molecular flexibility index (Phi) is 9.35. The summed E-state index contributed by atoms with van der Waals surface area (Å²) in [7, 11) is -5.29. The van der Waals surface area contributed by atoms with Gasteiger partial charge in [0.15, 0.2) is 0 Å². The third-order valence-corrected chi connectivity index (χ3v) is 13.0. The van der Waals surface area contributed by atoms with Crippen LogP contribution in [0.25, 0.3) is 0 Å². The fourth-order valence-electron chi connectivity index (χ4n) is 4.59. The molecule has 4 aromatic rings. The first-order chi connectivity index (χ1) is 17.6. The van der Waals surface area contributed by atoms with E-state index in [0.717, 1.165) is 46.9 Å². The van der Waals surface area contributed by atoms with Crippen molar-refractivity contribution in [1.29, 1.82) is 0 Å². The van der Waals surface area contributed by atoms with Crippen LogP contribution in [0.15, 0.2) is 133 Å². The molecule has 0 aromatic heterocycles. The van der Waals surface area contributed by atoms with E-state index in [9.17, 15) is 9.13 Å². The van der Waals surface area contributed by atoms with E-state index in [1.807, 2.05) is 121 Å². The minimum Gasteiger partial charge on any atom is -0.314 e. The number of hydrogen-bond donors (Lipinski definition) is 0. The van der Waals surface area contributed by atoms with Crippen LogP contribution in [0.2, 0.25) is 0 Å². The summed E-state index contributed by atoms with van der Waals surface area (Å²) in [5.74, 6) is 0. The Morgan fingerprint density at radius 3 is 0.917 bits per heavy atom. The lowest BCUT2D eigenvalue weighted by Gasteiger charge is -2.19. The van der Waals surface area contributed by atoms with Gasteiger partial charge in [-0.15, -0.1) is 0 Å². The Hall–Kier alpha value is -2.92. The maximum atomic E-state index is 14.1. The van der Waals surface area contributed by atoms with E-state index in [1.54, 1.807) is 0 Å². The summed E-state index contributed by atoms with van der Waals surface area (Å²) in [6.45, 7) is 0. The number of rotatable bonds is 12. The van der Waals surface area contributed by atoms with Crippen LogP contribution in [0.5, 0.6) is 0 Å². The zero-order chi connectivity index (χ0) is 25.1. The molecule has 184 valence electrons. The molecule has 0 atom stereocenters. The molecule has 0 aliphatic rings. The molecule has 0 spiro atoms. The molecule has 36 heavy (non-hydrogen) atoms. The molecule has 2 nitrogen and oxygen atoms in total. The zero-order valence-corrected chi connectivity index (χ0v) is 22.4. The molecule has 0 saturated heterocycles. The smallest absolute Gasteiger partial charge is 0.143 e. The highest BCUT2D eigenvalue weighted by Gasteiger charge is 2.27. The molecular formula is C32H34O2P2. The van der Waals surface area contributed by atoms with Crippen molar-refractivity contribution in [3.8, 4) is 0 Å². The first-order valence-corrected chi connectivity index (χ1v) is 16.5. The molecule has 0 fully saturated rings. The average Bonchev–Trinajstić information content (AvgIpc) is 2.96. The molecule has 0 N–H and O–H groups in total. The number of unbranched alkanes of at least 4 members (excludes halogenated alkanes) is 2. The van der Waals surface area contributed by atoms with Gasteiger partial charge in [0.05, 0.1) is 0 Å². The molecule has 0 saturated carbocycles. The number of benzene rings is 4. The maximum absolute atomic E-state index is 14.1. The predicted molar refractivity (Wildman–Crippen MR) is 157 cm³/mol. The van der Waals surface area contributed by atoms with E-state index in [1.165, 1.54) is 0 Å². The molecule has 0 radical (unpaired) electrons. The third-order valence-electron chi connectivity index (χ3n) is 6.55. The molecule has 0 amide bonds. The minimum absolute atomic E-state index is 0.655. The largest absolute Gasteiger partial charge is 0.314 e. The van der Waals surface area contributed by atoms with Crippen LogP contribution in [0.4, 0.5) is 0 Å². The fourth-order valence-corrected chi connectivity index (χ4v) is 10.1. The normalized spacial score (nSPS) is 12.1. The summed E-state index contributed by atoms with van der Waals surface area (Å²) in [6.07, 6.45) is 9.20. The van der Waals surface area contributed by atoms with Gasteiger partial charge < -0.3 is 9.13 Å². The monoisotopic (exact) mass is 512 g/mol. The Morgan fingerprint density at radius 2 is 0.667 bits per heavy atom. The van der Waals surface area contributed by atoms with E-state index < -0.39 is 14.3 Å². The second-order valence-electron chi connectivity index (χ2n) is 9.02. The quantitative estimate of drug-likeness (QED) is 0.115. The fraction of sp³-hybridized carbons (Fsp3) is 0.188. The number of allylic oxidation sites excluding steroid dienone is 2. The van der Waals surface area contributed by atoms with Gasteiger partial charge in [-0.25, -0.2) is 0 Å². The van der Waals surface area contributed by atoms with Gasteiger partial charge in [-0.05, 0) is 25.7 Å². The second-order valence-corrected chi connectivity index (χ2v) is 14.9. The molecule has 4 aromatic carbocycles. The highest BCUT2D eigenvalue weighted by molar-refractivity contribution is 7.79. The molecule has 0 heterocycles. The molecular weight excluding hydrogens is 478 g/mol. The van der Waals surface area contributed by atoms with Crippen molar-refractivity contribution >= 4 is 35.5 Å². The van der Waals surface area contributed by atoms with Crippen LogP contribution in [0.3, 0.4) is 0 Å². The summed E-state index contributed by atoms with van der Waals surface area (Å²) >= 11 is 0. The average molecular weight is 513 g/mol. The van der Waals surface area contributed by atoms with Crippen LogP contribution in [0, 0.1) is 0 Å². The number of hydrogen-bond acceptors (Lipinski definition) is 2. The minimum atomic E-state index is -2.65. The standard InChI is InChI=1S/C32H34O2P2/c33-35(29-19-9-5-10-20-29,30-21-11-6-12-22-30)27-17-3-1-2-4-18-28-36(34,31-23-13-7-14-24-31)32-25-15-8-16-26-32/h1-2,5-16,19-26H,3-4,17-18,27-28H2/b2-1+. The van der Waals surface area contributed by atoms with E-state index in [-0.39, 0.29) is 0 Å². The van der Waals surface area contributed by atoms with E-state index in [4.69, 9.17) is 0 Å². The lowest BCUT2D eigenvalue weighted by molar-refractivity contribution is 0.584. The molecule has 0 bridgehead atoms. The first kappa shape index (κ1) is 26.2. The Labute approximate surface area is 215 Å². The van der Waals surface area contributed by atoms with Crippen LogP contribution >= 0.6 is 14.3 Å². The third kappa shape index (κ3) is 6.44. The van der Waals surface area contributed by atoms with Gasteiger partial charge in [0.2, 0.25) is 0 Å². The van der Waals surface area contributed by atoms with Crippen LogP contribution < -0.4 is 21.2 Å². The van der Waals surface area contributed by atoms with Gasteiger partial charge in [-0.3, -0.25) is 0 Å². The van der Waals surface area contributed by atoms with Gasteiger partial charge in [-0.1, -0.05) is 133 Å². The summed E-state index contributed by atoms with van der Waals surface area (Å²) < 4.78 is 28.2. The Balaban J connectivity index is 1.33. The van der Waals surface area contributed by atoms with E-state index in [0.29, 0.717) is 12.3 Å². The van der Waals surface area contributed by atoms with Gasteiger partial charge >= 0.3 is 0 Å². The van der Waals surface area contributed by atoms with Crippen molar-refractivity contribution in [2.75, 3.05) is 12.3 Å². The topological polar surface area (TPSA) is 34.1 Å². The van der Waals surface area contributed by atoms with Crippen LogP contribution in [-0.4, -0.2) is 12.3 Å². The molecule has 0 aliphatic heterocycles. The summed E-state index contributed by atoms with van der Waals surface area (Å²) in [5, 5.41) is 3.71. The highest BCUT2D eigenvalue weighted by atomic mass is 31.2. The second kappa shape index (κ2) is 12.9. The lowest BCUT2D eigenvalue weighted by atomic mass is 10.2. The van der Waals surface area contributed by atoms with Crippen molar-refractivity contribution in [3.05, 3.63) is 133 Å². The Bertz CT molecular complexity index is 1130. The summed E-state index contributed by atoms with van der Waals surface area (Å²) in [5.41, 5.74) is 0. The molecule has 0 unspecified atom stereocenters. The van der Waals surface area contributed by atoms with Crippen LogP contribution in [0.1, 0.15) is 25.7 Å². The van der Waals surface area contributed by atoms with Crippen molar-refractivity contribution < 1.29 is 9.13 Å². The molecule has 0 aliphatic carbocycles. The van der Waals surface area contributed by atoms with Crippen molar-refractivity contribution in [3.63, 3.8) is 0 Å². The first-order valence-electron chi connectivity index (χ1n) is 12.7. The SMILES string of the molecule is O=P(CCC/C=C/CCCP(=O)(c1ccccc1)c1ccccc1)(c1ccccc1)c1ccccc1. The van der Waals surface area contributed by atoms with Crippen molar-refractivity contribution in [2.24, 2.45) is 0 Å². The van der Waals surface area contributed by atoms with E-state index in [2.05, 4.69) is 12.2 Å². The lowest BCUT2D eigenvalue weighted by Crippen LogP contribution is -2.18. The maximum Gasteiger partial charge on any atom is 0.143 e. The van der Waals surface area contributed by atoms with E-state index >= 15 is 0 Å². The van der Waals surface area contributed by atoms with Gasteiger partial charge in [0.1, 0.15) is 14.3 Å².